The van der Waals surface area contributed by atoms with E-state index in [2.05, 4.69) is 15.4 Å². The molecule has 0 radical (unpaired) electrons. The predicted molar refractivity (Wildman–Crippen MR) is 112 cm³/mol. The molecule has 9 heteroatoms. The number of rotatable bonds is 8. The number of esters is 1. The van der Waals surface area contributed by atoms with Gasteiger partial charge >= 0.3 is 5.97 Å². The van der Waals surface area contributed by atoms with Gasteiger partial charge in [-0.1, -0.05) is 26.0 Å². The number of methoxy groups -OCH3 is 1. The fourth-order valence-corrected chi connectivity index (χ4v) is 3.26. The molecule has 0 bridgehead atoms. The van der Waals surface area contributed by atoms with Crippen LogP contribution in [-0.4, -0.2) is 49.7 Å². The summed E-state index contributed by atoms with van der Waals surface area (Å²) in [6.45, 7) is 6.21. The lowest BCUT2D eigenvalue weighted by molar-refractivity contribution is -0.166. The summed E-state index contributed by atoms with van der Waals surface area (Å²) in [5.41, 5.74) is 6.26. The van der Waals surface area contributed by atoms with E-state index in [0.29, 0.717) is 18.7 Å². The quantitative estimate of drug-likeness (QED) is 0.539. The molecule has 1 fully saturated rings. The molecule has 8 nitrogen and oxygen atoms in total. The van der Waals surface area contributed by atoms with Crippen LogP contribution in [0.25, 0.3) is 0 Å². The fraction of sp³-hybridized carbons (Fsp3) is 0.550. The van der Waals surface area contributed by atoms with Crippen molar-refractivity contribution in [1.82, 2.24) is 5.32 Å². The van der Waals surface area contributed by atoms with Gasteiger partial charge in [-0.05, 0) is 24.6 Å². The van der Waals surface area contributed by atoms with E-state index in [1.54, 1.807) is 24.3 Å². The fourth-order valence-electron chi connectivity index (χ4n) is 3.26. The normalized spacial score (nSPS) is 21.9. The van der Waals surface area contributed by atoms with Crippen LogP contribution >= 0.6 is 12.4 Å². The highest BCUT2D eigenvalue weighted by Gasteiger charge is 2.62. The molecule has 0 aliphatic heterocycles. The molecule has 2 unspecified atom stereocenters. The van der Waals surface area contributed by atoms with Crippen LogP contribution in [-0.2, 0) is 30.3 Å². The summed E-state index contributed by atoms with van der Waals surface area (Å²) in [5.74, 6) is -1.05. The maximum atomic E-state index is 12.7. The van der Waals surface area contributed by atoms with Crippen LogP contribution in [0.15, 0.2) is 24.3 Å². The highest BCUT2D eigenvalue weighted by atomic mass is 35.5. The first-order valence-electron chi connectivity index (χ1n) is 9.28. The van der Waals surface area contributed by atoms with Crippen LogP contribution in [0, 0.1) is 5.41 Å². The van der Waals surface area contributed by atoms with E-state index in [9.17, 15) is 14.4 Å². The zero-order valence-electron chi connectivity index (χ0n) is 17.2. The maximum Gasteiger partial charge on any atom is 0.325 e. The summed E-state index contributed by atoms with van der Waals surface area (Å²) in [6.07, 6.45) is 0.548. The second kappa shape index (κ2) is 10.0. The SMILES string of the molecule is CCOC1CC(N)(C(=O)Nc2ccc(CC(=O)NCC(=O)OC)cc2)C1(C)C.Cl. The second-order valence-corrected chi connectivity index (χ2v) is 7.52. The summed E-state index contributed by atoms with van der Waals surface area (Å²) in [4.78, 5) is 35.6. The molecule has 1 aromatic rings. The molecule has 0 spiro atoms. The lowest BCUT2D eigenvalue weighted by Gasteiger charge is -2.57. The first kappa shape index (κ1) is 24.9. The number of nitrogens with one attached hydrogen (secondary N) is 2. The van der Waals surface area contributed by atoms with Gasteiger partial charge in [-0.2, -0.15) is 0 Å². The van der Waals surface area contributed by atoms with E-state index in [1.165, 1.54) is 7.11 Å². The van der Waals surface area contributed by atoms with Gasteiger partial charge in [-0.25, -0.2) is 0 Å². The topological polar surface area (TPSA) is 120 Å². The highest BCUT2D eigenvalue weighted by Crippen LogP contribution is 2.50. The lowest BCUT2D eigenvalue weighted by atomic mass is 9.54. The first-order chi connectivity index (χ1) is 13.1. The van der Waals surface area contributed by atoms with Crippen molar-refractivity contribution in [2.75, 3.05) is 25.6 Å². The van der Waals surface area contributed by atoms with Crippen LogP contribution < -0.4 is 16.4 Å². The largest absolute Gasteiger partial charge is 0.468 e. The van der Waals surface area contributed by atoms with E-state index in [1.807, 2.05) is 20.8 Å². The molecular weight excluding hydrogens is 398 g/mol. The molecule has 0 aromatic heterocycles. The van der Waals surface area contributed by atoms with Gasteiger partial charge in [-0.3, -0.25) is 14.4 Å². The molecule has 2 atom stereocenters. The average Bonchev–Trinajstić information content (AvgIpc) is 2.67. The third kappa shape index (κ3) is 5.46. The third-order valence-electron chi connectivity index (χ3n) is 5.47. The Kier molecular flexibility index (Phi) is 8.62. The summed E-state index contributed by atoms with van der Waals surface area (Å²) in [5, 5.41) is 5.33. The van der Waals surface area contributed by atoms with Crippen LogP contribution in [0.4, 0.5) is 5.69 Å². The number of nitrogens with two attached hydrogens (primary N) is 1. The van der Waals surface area contributed by atoms with E-state index >= 15 is 0 Å². The summed E-state index contributed by atoms with van der Waals surface area (Å²) < 4.78 is 10.1. The van der Waals surface area contributed by atoms with Crippen molar-refractivity contribution in [3.05, 3.63) is 29.8 Å². The number of carbonyl (C=O) groups is 3. The smallest absolute Gasteiger partial charge is 0.325 e. The van der Waals surface area contributed by atoms with Gasteiger partial charge in [0.1, 0.15) is 12.1 Å². The third-order valence-corrected chi connectivity index (χ3v) is 5.47. The van der Waals surface area contributed by atoms with Crippen molar-refractivity contribution in [2.24, 2.45) is 11.1 Å². The van der Waals surface area contributed by atoms with Gasteiger partial charge in [0.05, 0.1) is 19.6 Å². The molecule has 2 rings (SSSR count). The van der Waals surface area contributed by atoms with Crippen molar-refractivity contribution >= 4 is 35.9 Å². The average molecular weight is 428 g/mol. The molecule has 1 aromatic carbocycles. The molecule has 2 amide bonds. The Morgan fingerprint density at radius 1 is 1.21 bits per heavy atom. The molecule has 1 saturated carbocycles. The van der Waals surface area contributed by atoms with Gasteiger partial charge in [0, 0.05) is 24.1 Å². The van der Waals surface area contributed by atoms with E-state index in [4.69, 9.17) is 10.5 Å². The van der Waals surface area contributed by atoms with E-state index < -0.39 is 16.9 Å². The minimum Gasteiger partial charge on any atom is -0.468 e. The Bertz CT molecular complexity index is 738. The number of ether oxygens (including phenoxy) is 2. The van der Waals surface area contributed by atoms with Crippen molar-refractivity contribution < 1.29 is 23.9 Å². The van der Waals surface area contributed by atoms with Crippen LogP contribution in [0.2, 0.25) is 0 Å². The number of carbonyl (C=O) groups excluding carboxylic acids is 3. The minimum absolute atomic E-state index is 0. The molecular formula is C20H30ClN3O5. The van der Waals surface area contributed by atoms with Crippen molar-refractivity contribution in [3.63, 3.8) is 0 Å². The van der Waals surface area contributed by atoms with Gasteiger partial charge in [0.25, 0.3) is 0 Å². The summed E-state index contributed by atoms with van der Waals surface area (Å²) >= 11 is 0. The first-order valence-corrected chi connectivity index (χ1v) is 9.28. The minimum atomic E-state index is -1.00. The molecule has 1 aliphatic rings. The standard InChI is InChI=1S/C20H29N3O5.ClH/c1-5-28-15-11-20(21,19(15,2)3)18(26)23-14-8-6-13(7-9-14)10-16(24)22-12-17(25)27-4;/h6-9,15H,5,10-12,21H2,1-4H3,(H,22,24)(H,23,26);1H. The van der Waals surface area contributed by atoms with Crippen LogP contribution in [0.1, 0.15) is 32.8 Å². The van der Waals surface area contributed by atoms with Crippen LogP contribution in [0.5, 0.6) is 0 Å². The molecule has 1 aliphatic carbocycles. The van der Waals surface area contributed by atoms with Crippen molar-refractivity contribution in [1.29, 1.82) is 0 Å². The number of benzene rings is 1. The second-order valence-electron chi connectivity index (χ2n) is 7.52. The van der Waals surface area contributed by atoms with Crippen LogP contribution in [0.3, 0.4) is 0 Å². The number of anilines is 1. The zero-order chi connectivity index (χ0) is 20.9. The number of amides is 2. The number of halogens is 1. The van der Waals surface area contributed by atoms with Gasteiger partial charge in [0.15, 0.2) is 0 Å². The summed E-state index contributed by atoms with van der Waals surface area (Å²) in [7, 11) is 1.26. The van der Waals surface area contributed by atoms with Gasteiger partial charge in [-0.15, -0.1) is 12.4 Å². The summed E-state index contributed by atoms with van der Waals surface area (Å²) in [6, 6.07) is 6.92. The van der Waals surface area contributed by atoms with Crippen molar-refractivity contribution in [3.8, 4) is 0 Å². The highest BCUT2D eigenvalue weighted by molar-refractivity contribution is 5.99. The Labute approximate surface area is 177 Å². The maximum absolute atomic E-state index is 12.7. The molecule has 4 N–H and O–H groups in total. The Hall–Kier alpha value is -2.16. The Balaban J connectivity index is 0.00000420. The Morgan fingerprint density at radius 3 is 2.34 bits per heavy atom. The molecule has 29 heavy (non-hydrogen) atoms. The van der Waals surface area contributed by atoms with Gasteiger partial charge < -0.3 is 25.8 Å². The molecule has 0 saturated heterocycles. The lowest BCUT2D eigenvalue weighted by Crippen LogP contribution is -2.74. The Morgan fingerprint density at radius 2 is 1.83 bits per heavy atom. The van der Waals surface area contributed by atoms with E-state index in [-0.39, 0.29) is 43.3 Å². The molecule has 0 heterocycles. The van der Waals surface area contributed by atoms with Crippen molar-refractivity contribution in [2.45, 2.75) is 45.3 Å². The molecule has 162 valence electrons. The monoisotopic (exact) mass is 427 g/mol. The number of hydrogen-bond acceptors (Lipinski definition) is 6. The van der Waals surface area contributed by atoms with Gasteiger partial charge in [0.2, 0.25) is 11.8 Å². The van der Waals surface area contributed by atoms with E-state index in [0.717, 1.165) is 5.56 Å². The predicted octanol–water partition coefficient (Wildman–Crippen LogP) is 1.41. The zero-order valence-corrected chi connectivity index (χ0v) is 18.1. The number of hydrogen-bond donors (Lipinski definition) is 3.